The van der Waals surface area contributed by atoms with E-state index in [1.807, 2.05) is 5.38 Å². The van der Waals surface area contributed by atoms with Crippen LogP contribution in [0.2, 0.25) is 0 Å². The van der Waals surface area contributed by atoms with Gasteiger partial charge < -0.3 is 5.11 Å². The van der Waals surface area contributed by atoms with Gasteiger partial charge in [-0.1, -0.05) is 0 Å². The number of aryl methyl sites for hydroxylation is 1. The summed E-state index contributed by atoms with van der Waals surface area (Å²) in [4.78, 5) is 20.7. The zero-order chi connectivity index (χ0) is 11.1. The van der Waals surface area contributed by atoms with Gasteiger partial charge in [-0.25, -0.2) is 9.97 Å². The molecule has 0 saturated heterocycles. The number of aromatic nitrogens is 2. The zero-order valence-electron chi connectivity index (χ0n) is 8.21. The molecule has 1 atom stereocenters. The number of carboxylic acid groups (broad SMARTS) is 1. The lowest BCUT2D eigenvalue weighted by atomic mass is 10.1. The van der Waals surface area contributed by atoms with E-state index in [1.54, 1.807) is 17.5 Å². The van der Waals surface area contributed by atoms with E-state index in [0.717, 1.165) is 27.0 Å². The molecule has 1 aliphatic rings. The van der Waals surface area contributed by atoms with E-state index in [1.165, 1.54) is 11.3 Å². The van der Waals surface area contributed by atoms with Gasteiger partial charge in [-0.2, -0.15) is 0 Å². The molecule has 2 heterocycles. The van der Waals surface area contributed by atoms with Gasteiger partial charge >= 0.3 is 5.97 Å². The Bertz CT molecular complexity index is 533. The van der Waals surface area contributed by atoms with Crippen LogP contribution in [0.1, 0.15) is 22.9 Å². The average Bonchev–Trinajstić information content (AvgIpc) is 2.92. The highest BCUT2D eigenvalue weighted by Gasteiger charge is 2.32. The Kier molecular flexibility index (Phi) is 2.26. The van der Waals surface area contributed by atoms with Crippen LogP contribution in [0, 0.1) is 0 Å². The Morgan fingerprint density at radius 2 is 2.38 bits per heavy atom. The molecule has 0 spiro atoms. The molecule has 0 radical (unpaired) electrons. The molecule has 1 aliphatic carbocycles. The van der Waals surface area contributed by atoms with Crippen LogP contribution >= 0.6 is 22.7 Å². The van der Waals surface area contributed by atoms with Crippen LogP contribution in [0.4, 0.5) is 0 Å². The number of carboxylic acids is 1. The summed E-state index contributed by atoms with van der Waals surface area (Å²) in [5, 5.41) is 12.7. The van der Waals surface area contributed by atoms with Crippen molar-refractivity contribution in [2.45, 2.75) is 18.8 Å². The molecule has 82 valence electrons. The van der Waals surface area contributed by atoms with Crippen molar-refractivity contribution in [1.29, 1.82) is 0 Å². The third-order valence-corrected chi connectivity index (χ3v) is 4.68. The molecule has 0 aromatic carbocycles. The number of thiazole rings is 2. The normalized spacial score (nSPS) is 18.6. The minimum atomic E-state index is -0.769. The number of carbonyl (C=O) groups is 1. The first-order chi connectivity index (χ1) is 7.75. The summed E-state index contributed by atoms with van der Waals surface area (Å²) in [6.45, 7) is 0. The van der Waals surface area contributed by atoms with Gasteiger partial charge in [0.2, 0.25) is 0 Å². The molecule has 0 fully saturated rings. The van der Waals surface area contributed by atoms with Crippen molar-refractivity contribution >= 4 is 28.6 Å². The van der Waals surface area contributed by atoms with Gasteiger partial charge in [0.1, 0.15) is 5.92 Å². The van der Waals surface area contributed by atoms with Crippen LogP contribution in [-0.2, 0) is 11.2 Å². The molecule has 0 bridgehead atoms. The molecule has 6 heteroatoms. The van der Waals surface area contributed by atoms with E-state index in [9.17, 15) is 4.79 Å². The summed E-state index contributed by atoms with van der Waals surface area (Å²) in [6.07, 6.45) is 3.25. The second-order valence-electron chi connectivity index (χ2n) is 3.59. The number of rotatable bonds is 2. The second kappa shape index (κ2) is 3.64. The standard InChI is InChI=1S/C10H8N2O2S2/c13-10(14)5-1-2-6-7(5)12-9(16-6)8-11-3-4-15-8/h3-5H,1-2H2,(H,13,14). The van der Waals surface area contributed by atoms with Gasteiger partial charge in [-0.3, -0.25) is 4.79 Å². The molecule has 1 N–H and O–H groups in total. The van der Waals surface area contributed by atoms with Crippen LogP contribution in [-0.4, -0.2) is 21.0 Å². The van der Waals surface area contributed by atoms with Crippen molar-refractivity contribution in [3.05, 3.63) is 22.1 Å². The highest BCUT2D eigenvalue weighted by molar-refractivity contribution is 7.20. The van der Waals surface area contributed by atoms with Crippen molar-refractivity contribution in [2.75, 3.05) is 0 Å². The Morgan fingerprint density at radius 1 is 1.50 bits per heavy atom. The average molecular weight is 252 g/mol. The quantitative estimate of drug-likeness (QED) is 0.891. The summed E-state index contributed by atoms with van der Waals surface area (Å²) in [7, 11) is 0. The van der Waals surface area contributed by atoms with Crippen LogP contribution in [0.3, 0.4) is 0 Å². The molecule has 2 aromatic rings. The number of nitrogens with zero attached hydrogens (tertiary/aromatic N) is 2. The highest BCUT2D eigenvalue weighted by atomic mass is 32.1. The van der Waals surface area contributed by atoms with Crippen LogP contribution in [0.5, 0.6) is 0 Å². The first-order valence-electron chi connectivity index (χ1n) is 4.88. The Hall–Kier alpha value is -1.27. The SMILES string of the molecule is O=C(O)C1CCc2sc(-c3nccs3)nc21. The van der Waals surface area contributed by atoms with E-state index >= 15 is 0 Å². The predicted octanol–water partition coefficient (Wildman–Crippen LogP) is 2.38. The molecule has 0 saturated carbocycles. The lowest BCUT2D eigenvalue weighted by Crippen LogP contribution is -2.08. The van der Waals surface area contributed by atoms with Gasteiger partial charge in [-0.15, -0.1) is 22.7 Å². The number of hydrogen-bond donors (Lipinski definition) is 1. The molecule has 2 aromatic heterocycles. The van der Waals surface area contributed by atoms with Gasteiger partial charge in [0.05, 0.1) is 5.69 Å². The zero-order valence-corrected chi connectivity index (χ0v) is 9.85. The maximum absolute atomic E-state index is 11.0. The number of hydrogen-bond acceptors (Lipinski definition) is 5. The lowest BCUT2D eigenvalue weighted by molar-refractivity contribution is -0.138. The van der Waals surface area contributed by atoms with E-state index < -0.39 is 11.9 Å². The Morgan fingerprint density at radius 3 is 3.06 bits per heavy atom. The van der Waals surface area contributed by atoms with Crippen LogP contribution in [0.25, 0.3) is 10.0 Å². The van der Waals surface area contributed by atoms with Crippen molar-refractivity contribution in [3.63, 3.8) is 0 Å². The molecule has 16 heavy (non-hydrogen) atoms. The van der Waals surface area contributed by atoms with Crippen LogP contribution in [0.15, 0.2) is 11.6 Å². The van der Waals surface area contributed by atoms with E-state index in [-0.39, 0.29) is 0 Å². The fraction of sp³-hybridized carbons (Fsp3) is 0.300. The minimum Gasteiger partial charge on any atom is -0.481 e. The monoisotopic (exact) mass is 252 g/mol. The summed E-state index contributed by atoms with van der Waals surface area (Å²) >= 11 is 3.11. The smallest absolute Gasteiger partial charge is 0.312 e. The first-order valence-corrected chi connectivity index (χ1v) is 6.57. The molecule has 4 nitrogen and oxygen atoms in total. The van der Waals surface area contributed by atoms with E-state index in [4.69, 9.17) is 5.11 Å². The topological polar surface area (TPSA) is 63.1 Å². The fourth-order valence-corrected chi connectivity index (χ4v) is 3.71. The van der Waals surface area contributed by atoms with Gasteiger partial charge in [-0.05, 0) is 12.8 Å². The predicted molar refractivity (Wildman–Crippen MR) is 61.9 cm³/mol. The minimum absolute atomic E-state index is 0.417. The number of aliphatic carboxylic acids is 1. The summed E-state index contributed by atoms with van der Waals surface area (Å²) < 4.78 is 0. The maximum atomic E-state index is 11.0. The summed E-state index contributed by atoms with van der Waals surface area (Å²) in [5.41, 5.74) is 0.752. The summed E-state index contributed by atoms with van der Waals surface area (Å²) in [5.74, 6) is -1.19. The largest absolute Gasteiger partial charge is 0.481 e. The Labute approximate surface area is 99.6 Å². The number of fused-ring (bicyclic) bond motifs is 1. The van der Waals surface area contributed by atoms with Gasteiger partial charge in [0.25, 0.3) is 0 Å². The molecule has 0 aliphatic heterocycles. The highest BCUT2D eigenvalue weighted by Crippen LogP contribution is 2.40. The van der Waals surface area contributed by atoms with Crippen molar-refractivity contribution in [1.82, 2.24) is 9.97 Å². The summed E-state index contributed by atoms with van der Waals surface area (Å²) in [6, 6.07) is 0. The van der Waals surface area contributed by atoms with E-state index in [0.29, 0.717) is 6.42 Å². The molecular weight excluding hydrogens is 244 g/mol. The second-order valence-corrected chi connectivity index (χ2v) is 5.57. The van der Waals surface area contributed by atoms with Crippen molar-refractivity contribution in [2.24, 2.45) is 0 Å². The van der Waals surface area contributed by atoms with E-state index in [2.05, 4.69) is 9.97 Å². The Balaban J connectivity index is 2.02. The molecule has 1 unspecified atom stereocenters. The molecule has 3 rings (SSSR count). The third-order valence-electron chi connectivity index (χ3n) is 2.63. The third kappa shape index (κ3) is 1.45. The molecule has 0 amide bonds. The van der Waals surface area contributed by atoms with Crippen LogP contribution < -0.4 is 0 Å². The van der Waals surface area contributed by atoms with Gasteiger partial charge in [0.15, 0.2) is 10.0 Å². The molecular formula is C10H8N2O2S2. The van der Waals surface area contributed by atoms with Crippen molar-refractivity contribution in [3.8, 4) is 10.0 Å². The van der Waals surface area contributed by atoms with Crippen molar-refractivity contribution < 1.29 is 9.90 Å². The fourth-order valence-electron chi connectivity index (χ4n) is 1.89. The van der Waals surface area contributed by atoms with Gasteiger partial charge in [0, 0.05) is 16.5 Å². The lowest BCUT2D eigenvalue weighted by Gasteiger charge is -2.00. The maximum Gasteiger partial charge on any atom is 0.312 e. The first kappa shape index (κ1) is 9.92.